The van der Waals surface area contributed by atoms with Gasteiger partial charge in [0.2, 0.25) is 5.95 Å². The minimum atomic E-state index is -0.920. The van der Waals surface area contributed by atoms with Gasteiger partial charge in [0.05, 0.1) is 16.6 Å². The number of aliphatic hydroxyl groups is 1. The second kappa shape index (κ2) is 7.41. The van der Waals surface area contributed by atoms with Gasteiger partial charge in [0, 0.05) is 62.6 Å². The Morgan fingerprint density at radius 1 is 0.929 bits per heavy atom. The molecule has 1 unspecified atom stereocenters. The first-order valence-electron chi connectivity index (χ1n) is 9.66. The van der Waals surface area contributed by atoms with E-state index in [2.05, 4.69) is 48.8 Å². The Hall–Kier alpha value is -2.64. The van der Waals surface area contributed by atoms with Crippen LogP contribution in [-0.4, -0.2) is 56.1 Å². The highest BCUT2D eigenvalue weighted by Crippen LogP contribution is 2.25. The predicted octanol–water partition coefficient (Wildman–Crippen LogP) is 2.53. The number of hydrogen-bond acceptors (Lipinski definition) is 7. The highest BCUT2D eigenvalue weighted by molar-refractivity contribution is 5.74. The van der Waals surface area contributed by atoms with Gasteiger partial charge in [-0.3, -0.25) is 14.9 Å². The van der Waals surface area contributed by atoms with Crippen molar-refractivity contribution in [3.8, 4) is 0 Å². The van der Waals surface area contributed by atoms with E-state index in [-0.39, 0.29) is 0 Å². The van der Waals surface area contributed by atoms with Gasteiger partial charge in [-0.15, -0.1) is 0 Å². The molecule has 1 aromatic carbocycles. The molecule has 0 saturated carbocycles. The Labute approximate surface area is 165 Å². The van der Waals surface area contributed by atoms with E-state index in [9.17, 15) is 5.11 Å². The number of hydrogen-bond donors (Lipinski definition) is 1. The Morgan fingerprint density at radius 3 is 2.21 bits per heavy atom. The molecule has 2 aromatic heterocycles. The fourth-order valence-electron chi connectivity index (χ4n) is 3.56. The molecule has 3 aromatic rings. The van der Waals surface area contributed by atoms with E-state index < -0.39 is 5.60 Å². The maximum Gasteiger partial charge on any atom is 0.225 e. The van der Waals surface area contributed by atoms with Crippen molar-refractivity contribution in [3.63, 3.8) is 0 Å². The topological polar surface area (TPSA) is 78.3 Å². The number of benzene rings is 1. The van der Waals surface area contributed by atoms with Crippen LogP contribution in [-0.2, 0) is 5.60 Å². The molecule has 146 valence electrons. The van der Waals surface area contributed by atoms with Gasteiger partial charge in [0.1, 0.15) is 0 Å². The normalized spacial score (nSPS) is 17.1. The van der Waals surface area contributed by atoms with Gasteiger partial charge in [0.25, 0.3) is 0 Å². The summed E-state index contributed by atoms with van der Waals surface area (Å²) in [5.41, 5.74) is 2.92. The number of anilines is 1. The van der Waals surface area contributed by atoms with Crippen LogP contribution in [0.4, 0.5) is 5.95 Å². The minimum absolute atomic E-state index is 0.312. The fourth-order valence-corrected chi connectivity index (χ4v) is 3.56. The predicted molar refractivity (Wildman–Crippen MR) is 109 cm³/mol. The first-order chi connectivity index (χ1) is 13.4. The summed E-state index contributed by atoms with van der Waals surface area (Å²) >= 11 is 0. The molecule has 0 bridgehead atoms. The first-order valence-corrected chi connectivity index (χ1v) is 9.66. The second-order valence-electron chi connectivity index (χ2n) is 7.83. The van der Waals surface area contributed by atoms with E-state index in [4.69, 9.17) is 0 Å². The quantitative estimate of drug-likeness (QED) is 0.747. The summed E-state index contributed by atoms with van der Waals surface area (Å²) in [4.78, 5) is 22.3. The fraction of sp³-hybridized carbons (Fsp3) is 0.429. The summed E-state index contributed by atoms with van der Waals surface area (Å²) in [6, 6.07) is 6.64. The van der Waals surface area contributed by atoms with Crippen LogP contribution in [0.3, 0.4) is 0 Å². The van der Waals surface area contributed by atoms with Crippen LogP contribution >= 0.6 is 0 Å². The molecule has 0 aliphatic carbocycles. The third-order valence-electron chi connectivity index (χ3n) is 5.47. The molecule has 1 fully saturated rings. The van der Waals surface area contributed by atoms with Crippen LogP contribution in [0.1, 0.15) is 37.9 Å². The van der Waals surface area contributed by atoms with Crippen LogP contribution in [0.5, 0.6) is 0 Å². The van der Waals surface area contributed by atoms with Crippen LogP contribution in [0.2, 0.25) is 0 Å². The number of fused-ring (bicyclic) bond motifs is 1. The number of nitrogens with zero attached hydrogens (tertiary/aromatic N) is 6. The second-order valence-corrected chi connectivity index (χ2v) is 7.83. The smallest absolute Gasteiger partial charge is 0.225 e. The van der Waals surface area contributed by atoms with Crippen molar-refractivity contribution in [2.45, 2.75) is 32.4 Å². The molecule has 0 radical (unpaired) electrons. The Balaban J connectivity index is 1.41. The van der Waals surface area contributed by atoms with Crippen LogP contribution < -0.4 is 4.90 Å². The maximum absolute atomic E-state index is 10.1. The number of rotatable bonds is 4. The number of aromatic nitrogens is 4. The zero-order valence-electron chi connectivity index (χ0n) is 16.6. The van der Waals surface area contributed by atoms with Crippen molar-refractivity contribution >= 4 is 17.0 Å². The molecule has 1 atom stereocenters. The minimum Gasteiger partial charge on any atom is -0.386 e. The van der Waals surface area contributed by atoms with E-state index in [1.54, 1.807) is 38.6 Å². The Morgan fingerprint density at radius 2 is 1.57 bits per heavy atom. The molecule has 1 saturated heterocycles. The summed E-state index contributed by atoms with van der Waals surface area (Å²) < 4.78 is 0. The summed E-state index contributed by atoms with van der Waals surface area (Å²) in [5, 5.41) is 10.1. The molecule has 4 rings (SSSR count). The van der Waals surface area contributed by atoms with Gasteiger partial charge in [-0.2, -0.15) is 0 Å². The first kappa shape index (κ1) is 18.7. The zero-order chi connectivity index (χ0) is 19.7. The van der Waals surface area contributed by atoms with Crippen molar-refractivity contribution in [1.29, 1.82) is 0 Å². The van der Waals surface area contributed by atoms with Crippen LogP contribution in [0.25, 0.3) is 11.0 Å². The Bertz CT molecular complexity index is 945. The molecule has 28 heavy (non-hydrogen) atoms. The van der Waals surface area contributed by atoms with E-state index in [0.29, 0.717) is 6.04 Å². The lowest BCUT2D eigenvalue weighted by molar-refractivity contribution is 0.0778. The largest absolute Gasteiger partial charge is 0.386 e. The standard InChI is InChI=1S/C21H26N6O/c1-15(16-4-5-18-19(12-16)23-7-6-22-18)26-8-10-27(11-9-26)20-24-13-17(14-25-20)21(2,3)28/h4-7,12-15,28H,8-11H2,1-3H3. The molecule has 3 heterocycles. The lowest BCUT2D eigenvalue weighted by Crippen LogP contribution is -2.47. The molecule has 7 nitrogen and oxygen atoms in total. The van der Waals surface area contributed by atoms with Gasteiger partial charge in [0.15, 0.2) is 0 Å². The van der Waals surface area contributed by atoms with Gasteiger partial charge in [-0.1, -0.05) is 6.07 Å². The average molecular weight is 378 g/mol. The van der Waals surface area contributed by atoms with Gasteiger partial charge in [-0.25, -0.2) is 9.97 Å². The monoisotopic (exact) mass is 378 g/mol. The zero-order valence-corrected chi connectivity index (χ0v) is 16.6. The molecule has 0 spiro atoms. The van der Waals surface area contributed by atoms with Crippen molar-refractivity contribution in [3.05, 3.63) is 54.1 Å². The van der Waals surface area contributed by atoms with Crippen molar-refractivity contribution in [1.82, 2.24) is 24.8 Å². The lowest BCUT2D eigenvalue weighted by Gasteiger charge is -2.38. The van der Waals surface area contributed by atoms with E-state index in [1.807, 2.05) is 6.07 Å². The molecule has 1 N–H and O–H groups in total. The summed E-state index contributed by atoms with van der Waals surface area (Å²) in [5.74, 6) is 0.723. The summed E-state index contributed by atoms with van der Waals surface area (Å²) in [7, 11) is 0. The summed E-state index contributed by atoms with van der Waals surface area (Å²) in [6.07, 6.45) is 6.89. The maximum atomic E-state index is 10.1. The molecule has 0 amide bonds. The number of piperazine rings is 1. The van der Waals surface area contributed by atoms with E-state index in [0.717, 1.165) is 48.7 Å². The van der Waals surface area contributed by atoms with Gasteiger partial charge in [-0.05, 0) is 38.5 Å². The van der Waals surface area contributed by atoms with Crippen LogP contribution in [0.15, 0.2) is 43.0 Å². The van der Waals surface area contributed by atoms with Gasteiger partial charge >= 0.3 is 0 Å². The molecule has 1 aliphatic rings. The average Bonchev–Trinajstić information content (AvgIpc) is 2.72. The summed E-state index contributed by atoms with van der Waals surface area (Å²) in [6.45, 7) is 9.35. The third kappa shape index (κ3) is 3.81. The highest BCUT2D eigenvalue weighted by atomic mass is 16.3. The van der Waals surface area contributed by atoms with Crippen molar-refractivity contribution in [2.75, 3.05) is 31.1 Å². The lowest BCUT2D eigenvalue weighted by atomic mass is 10.0. The van der Waals surface area contributed by atoms with E-state index >= 15 is 0 Å². The molecule has 1 aliphatic heterocycles. The highest BCUT2D eigenvalue weighted by Gasteiger charge is 2.24. The molecule has 7 heteroatoms. The molecular weight excluding hydrogens is 352 g/mol. The van der Waals surface area contributed by atoms with E-state index in [1.165, 1.54) is 5.56 Å². The van der Waals surface area contributed by atoms with Crippen molar-refractivity contribution in [2.24, 2.45) is 0 Å². The van der Waals surface area contributed by atoms with Crippen molar-refractivity contribution < 1.29 is 5.11 Å². The molecular formula is C21H26N6O. The Kier molecular flexibility index (Phi) is 4.95. The van der Waals surface area contributed by atoms with Crippen LogP contribution in [0, 0.1) is 0 Å². The van der Waals surface area contributed by atoms with Gasteiger partial charge < -0.3 is 10.0 Å². The third-order valence-corrected chi connectivity index (χ3v) is 5.47. The SMILES string of the molecule is CC(c1ccc2nccnc2c1)N1CCN(c2ncc(C(C)(C)O)cn2)CC1.